The molecule has 1 aromatic rings. The Labute approximate surface area is 168 Å². The summed E-state index contributed by atoms with van der Waals surface area (Å²) in [7, 11) is 0. The van der Waals surface area contributed by atoms with Crippen LogP contribution in [0.15, 0.2) is 35.9 Å². The molecule has 2 heteroatoms. The molecule has 2 atom stereocenters. The van der Waals surface area contributed by atoms with Crippen molar-refractivity contribution in [3.8, 4) is 5.75 Å². The lowest BCUT2D eigenvalue weighted by Gasteiger charge is -2.32. The van der Waals surface area contributed by atoms with E-state index in [0.29, 0.717) is 5.92 Å². The Morgan fingerprint density at radius 3 is 1.96 bits per heavy atom. The Morgan fingerprint density at radius 2 is 1.56 bits per heavy atom. The Morgan fingerprint density at radius 1 is 1.00 bits per heavy atom. The van der Waals surface area contributed by atoms with Crippen molar-refractivity contribution in [3.63, 3.8) is 0 Å². The first-order valence-corrected chi connectivity index (χ1v) is 10.4. The van der Waals surface area contributed by atoms with Gasteiger partial charge in [-0.05, 0) is 68.6 Å². The molecule has 0 aliphatic carbocycles. The third-order valence-electron chi connectivity index (χ3n) is 4.82. The van der Waals surface area contributed by atoms with Gasteiger partial charge in [-0.2, -0.15) is 0 Å². The van der Waals surface area contributed by atoms with Crippen LogP contribution < -0.4 is 4.74 Å². The SMILES string of the molecule is C/C=C(/C)CC(c1ccc(OC(CC(C)(C)C)OC(C)C)cc1)C(C)(C)C. The molecule has 27 heavy (non-hydrogen) atoms. The third-order valence-corrected chi connectivity index (χ3v) is 4.82. The molecule has 0 aromatic heterocycles. The lowest BCUT2D eigenvalue weighted by Crippen LogP contribution is -2.29. The normalized spacial score (nSPS) is 15.7. The smallest absolute Gasteiger partial charge is 0.200 e. The largest absolute Gasteiger partial charge is 0.465 e. The van der Waals surface area contributed by atoms with Gasteiger partial charge in [0.25, 0.3) is 0 Å². The highest BCUT2D eigenvalue weighted by Gasteiger charge is 2.27. The van der Waals surface area contributed by atoms with Gasteiger partial charge in [0.1, 0.15) is 5.75 Å². The highest BCUT2D eigenvalue weighted by atomic mass is 16.7. The first-order valence-electron chi connectivity index (χ1n) is 10.4. The molecule has 2 unspecified atom stereocenters. The number of rotatable bonds is 8. The summed E-state index contributed by atoms with van der Waals surface area (Å²) in [5, 5.41) is 0. The summed E-state index contributed by atoms with van der Waals surface area (Å²) in [4.78, 5) is 0. The minimum atomic E-state index is -0.223. The predicted molar refractivity (Wildman–Crippen MR) is 117 cm³/mol. The first kappa shape index (κ1) is 23.8. The van der Waals surface area contributed by atoms with Gasteiger partial charge in [0.05, 0.1) is 6.10 Å². The number of allylic oxidation sites excluding steroid dienone is 2. The van der Waals surface area contributed by atoms with E-state index in [-0.39, 0.29) is 23.2 Å². The van der Waals surface area contributed by atoms with Crippen molar-refractivity contribution in [2.24, 2.45) is 10.8 Å². The molecule has 0 heterocycles. The Hall–Kier alpha value is -1.28. The van der Waals surface area contributed by atoms with E-state index < -0.39 is 0 Å². The summed E-state index contributed by atoms with van der Waals surface area (Å²) >= 11 is 0. The number of hydrogen-bond donors (Lipinski definition) is 0. The van der Waals surface area contributed by atoms with Gasteiger partial charge >= 0.3 is 0 Å². The molecule has 0 saturated heterocycles. The van der Waals surface area contributed by atoms with Crippen molar-refractivity contribution in [1.29, 1.82) is 0 Å². The molecular weight excluding hydrogens is 332 g/mol. The van der Waals surface area contributed by atoms with Crippen molar-refractivity contribution in [2.45, 2.75) is 100 Å². The van der Waals surface area contributed by atoms with Crippen LogP contribution in [0.3, 0.4) is 0 Å². The highest BCUT2D eigenvalue weighted by Crippen LogP contribution is 2.40. The van der Waals surface area contributed by atoms with Gasteiger partial charge in [0.15, 0.2) is 0 Å². The van der Waals surface area contributed by atoms with Crippen molar-refractivity contribution < 1.29 is 9.47 Å². The summed E-state index contributed by atoms with van der Waals surface area (Å²) in [5.74, 6) is 1.36. The average Bonchev–Trinajstić information content (AvgIpc) is 2.50. The second-order valence-corrected chi connectivity index (χ2v) is 10.3. The van der Waals surface area contributed by atoms with Gasteiger partial charge in [-0.3, -0.25) is 0 Å². The molecule has 2 nitrogen and oxygen atoms in total. The maximum absolute atomic E-state index is 6.19. The highest BCUT2D eigenvalue weighted by molar-refractivity contribution is 5.31. The molecule has 1 rings (SSSR count). The van der Waals surface area contributed by atoms with E-state index in [1.54, 1.807) is 0 Å². The lowest BCUT2D eigenvalue weighted by molar-refractivity contribution is -0.124. The van der Waals surface area contributed by atoms with Crippen LogP contribution in [0.5, 0.6) is 5.75 Å². The topological polar surface area (TPSA) is 18.5 Å². The molecule has 0 saturated carbocycles. The second-order valence-electron chi connectivity index (χ2n) is 10.3. The van der Waals surface area contributed by atoms with Crippen LogP contribution in [0.25, 0.3) is 0 Å². The van der Waals surface area contributed by atoms with E-state index in [0.717, 1.165) is 18.6 Å². The fourth-order valence-corrected chi connectivity index (χ4v) is 3.22. The summed E-state index contributed by atoms with van der Waals surface area (Å²) in [5.41, 5.74) is 3.17. The molecule has 0 aliphatic heterocycles. The molecule has 1 aromatic carbocycles. The molecule has 0 radical (unpaired) electrons. The molecule has 0 fully saturated rings. The zero-order valence-corrected chi connectivity index (χ0v) is 19.3. The zero-order chi connectivity index (χ0) is 20.8. The van der Waals surface area contributed by atoms with Gasteiger partial charge in [-0.15, -0.1) is 0 Å². The van der Waals surface area contributed by atoms with Crippen LogP contribution in [0.2, 0.25) is 0 Å². The number of ether oxygens (including phenoxy) is 2. The minimum absolute atomic E-state index is 0.144. The fraction of sp³-hybridized carbons (Fsp3) is 0.680. The van der Waals surface area contributed by atoms with Crippen LogP contribution in [0.4, 0.5) is 0 Å². The summed E-state index contributed by atoms with van der Waals surface area (Å²) in [6.45, 7) is 22.1. The van der Waals surface area contributed by atoms with Crippen molar-refractivity contribution in [3.05, 3.63) is 41.5 Å². The van der Waals surface area contributed by atoms with Crippen LogP contribution >= 0.6 is 0 Å². The van der Waals surface area contributed by atoms with Gasteiger partial charge in [0.2, 0.25) is 6.29 Å². The van der Waals surface area contributed by atoms with E-state index in [9.17, 15) is 0 Å². The quantitative estimate of drug-likeness (QED) is 0.342. The Balaban J connectivity index is 2.97. The summed E-state index contributed by atoms with van der Waals surface area (Å²) in [6, 6.07) is 8.63. The second kappa shape index (κ2) is 9.78. The van der Waals surface area contributed by atoms with E-state index in [1.807, 2.05) is 0 Å². The van der Waals surface area contributed by atoms with Crippen molar-refractivity contribution in [1.82, 2.24) is 0 Å². The van der Waals surface area contributed by atoms with Gasteiger partial charge in [0, 0.05) is 6.42 Å². The van der Waals surface area contributed by atoms with E-state index >= 15 is 0 Å². The molecule has 0 bridgehead atoms. The molecule has 0 spiro atoms. The summed E-state index contributed by atoms with van der Waals surface area (Å²) in [6.07, 6.45) is 4.09. The number of hydrogen-bond acceptors (Lipinski definition) is 2. The zero-order valence-electron chi connectivity index (χ0n) is 19.3. The lowest BCUT2D eigenvalue weighted by atomic mass is 9.73. The minimum Gasteiger partial charge on any atom is -0.465 e. The monoisotopic (exact) mass is 374 g/mol. The van der Waals surface area contributed by atoms with E-state index in [2.05, 4.69) is 99.6 Å². The van der Waals surface area contributed by atoms with Crippen LogP contribution in [0, 0.1) is 10.8 Å². The molecular formula is C25H42O2. The predicted octanol–water partition coefficient (Wildman–Crippen LogP) is 7.74. The third kappa shape index (κ3) is 8.97. The molecule has 0 amide bonds. The van der Waals surface area contributed by atoms with Crippen LogP contribution in [-0.2, 0) is 4.74 Å². The van der Waals surface area contributed by atoms with Gasteiger partial charge < -0.3 is 9.47 Å². The first-order chi connectivity index (χ1) is 12.3. The van der Waals surface area contributed by atoms with Gasteiger partial charge in [-0.1, -0.05) is 65.3 Å². The fourth-order valence-electron chi connectivity index (χ4n) is 3.22. The van der Waals surface area contributed by atoms with Crippen molar-refractivity contribution in [2.75, 3.05) is 0 Å². The maximum atomic E-state index is 6.19. The molecule has 0 aliphatic rings. The van der Waals surface area contributed by atoms with Crippen LogP contribution in [0.1, 0.15) is 93.6 Å². The standard InChI is InChI=1S/C25H42O2/c1-11-19(4)16-22(25(8,9)10)20-12-14-21(15-13-20)27-23(26-18(2)3)17-24(5,6)7/h11-15,18,22-23H,16-17H2,1-10H3/b19-11-. The average molecular weight is 375 g/mol. The van der Waals surface area contributed by atoms with Gasteiger partial charge in [-0.25, -0.2) is 0 Å². The Kier molecular flexibility index (Phi) is 8.60. The molecule has 0 N–H and O–H groups in total. The summed E-state index contributed by atoms with van der Waals surface area (Å²) < 4.78 is 12.2. The van der Waals surface area contributed by atoms with Crippen LogP contribution in [-0.4, -0.2) is 12.4 Å². The van der Waals surface area contributed by atoms with Crippen molar-refractivity contribution >= 4 is 0 Å². The Bertz CT molecular complexity index is 582. The maximum Gasteiger partial charge on any atom is 0.200 e. The molecule has 154 valence electrons. The number of benzene rings is 1. The van der Waals surface area contributed by atoms with E-state index in [4.69, 9.17) is 9.47 Å². The van der Waals surface area contributed by atoms with E-state index in [1.165, 1.54) is 11.1 Å².